The van der Waals surface area contributed by atoms with Crippen LogP contribution in [0.15, 0.2) is 45.4 Å². The van der Waals surface area contributed by atoms with Crippen LogP contribution in [0, 0.1) is 0 Å². The molecule has 2 nitrogen and oxygen atoms in total. The topological polar surface area (TPSA) is 29.1 Å². The standard InChI is InChI=1S/C23H16Br2ClF10NOS/c1-10(8-39-9-21(28,29)30)37-20(38)13-3-2-11(4-15(13)23(34,35)36)18(27)7-14(22(31,32)33)12-5-16(24)19(25)17(26)6-12/h2-7,10,14H,8-9H2,1H3,(H,37,38)/b18-7-/t10-,14?/m1/s1. The number of amides is 1. The Kier molecular flexibility index (Phi) is 11.3. The smallest absolute Gasteiger partial charge is 0.349 e. The molecule has 2 atom stereocenters. The molecule has 0 bridgehead atoms. The number of carbonyl (C=O) groups excluding carboxylic acids is 1. The molecule has 0 aliphatic heterocycles. The van der Waals surface area contributed by atoms with Crippen LogP contribution in [0.5, 0.6) is 0 Å². The molecule has 0 aliphatic rings. The molecule has 16 heteroatoms. The Morgan fingerprint density at radius 1 is 1.05 bits per heavy atom. The Morgan fingerprint density at radius 2 is 1.67 bits per heavy atom. The first kappa shape index (κ1) is 33.8. The van der Waals surface area contributed by atoms with E-state index in [4.69, 9.17) is 11.6 Å². The minimum atomic E-state index is -5.22. The normalized spacial score (nSPS) is 14.8. The van der Waals surface area contributed by atoms with E-state index < -0.39 is 70.2 Å². The zero-order valence-electron chi connectivity index (χ0n) is 19.3. The molecule has 0 spiro atoms. The SMILES string of the molecule is C[C@H](CSCC(F)(F)F)NC(=O)c1ccc(/C(F)=C/C(c2cc(Cl)c(Br)c(Br)c2)C(F)(F)F)cc1C(F)(F)F. The van der Waals surface area contributed by atoms with Gasteiger partial charge in [0.25, 0.3) is 5.91 Å². The third-order valence-electron chi connectivity index (χ3n) is 4.89. The summed E-state index contributed by atoms with van der Waals surface area (Å²) in [6.07, 6.45) is -14.7. The summed E-state index contributed by atoms with van der Waals surface area (Å²) in [5.74, 6) is -7.05. The van der Waals surface area contributed by atoms with Crippen LogP contribution in [0.25, 0.3) is 5.83 Å². The van der Waals surface area contributed by atoms with Gasteiger partial charge in [-0.15, -0.1) is 0 Å². The monoisotopic (exact) mass is 737 g/mol. The molecule has 2 rings (SSSR count). The lowest BCUT2D eigenvalue weighted by Gasteiger charge is -2.20. The first-order chi connectivity index (χ1) is 17.7. The van der Waals surface area contributed by atoms with E-state index in [-0.39, 0.29) is 31.9 Å². The van der Waals surface area contributed by atoms with Crippen molar-refractivity contribution in [3.8, 4) is 0 Å². The number of nitrogens with one attached hydrogen (secondary N) is 1. The summed E-state index contributed by atoms with van der Waals surface area (Å²) >= 11 is 12.4. The number of carbonyl (C=O) groups is 1. The Balaban J connectivity index is 2.42. The second-order valence-electron chi connectivity index (χ2n) is 8.10. The van der Waals surface area contributed by atoms with E-state index in [9.17, 15) is 48.7 Å². The van der Waals surface area contributed by atoms with E-state index in [0.29, 0.717) is 23.9 Å². The highest BCUT2D eigenvalue weighted by Crippen LogP contribution is 2.43. The van der Waals surface area contributed by atoms with Crippen LogP contribution in [-0.4, -0.2) is 35.8 Å². The highest BCUT2D eigenvalue weighted by molar-refractivity contribution is 9.13. The van der Waals surface area contributed by atoms with Crippen LogP contribution in [0.1, 0.15) is 39.9 Å². The van der Waals surface area contributed by atoms with Gasteiger partial charge >= 0.3 is 18.5 Å². The number of rotatable bonds is 8. The fraction of sp³-hybridized carbons (Fsp3) is 0.348. The first-order valence-corrected chi connectivity index (χ1v) is 13.6. The minimum Gasteiger partial charge on any atom is -0.349 e. The summed E-state index contributed by atoms with van der Waals surface area (Å²) < 4.78 is 135. The van der Waals surface area contributed by atoms with Crippen molar-refractivity contribution in [1.29, 1.82) is 0 Å². The molecule has 1 unspecified atom stereocenters. The number of benzene rings is 2. The van der Waals surface area contributed by atoms with E-state index in [2.05, 4.69) is 37.2 Å². The number of alkyl halides is 9. The Labute approximate surface area is 241 Å². The van der Waals surface area contributed by atoms with Crippen LogP contribution in [0.3, 0.4) is 0 Å². The summed E-state index contributed by atoms with van der Waals surface area (Å²) in [5.41, 5.74) is -4.01. The molecule has 0 saturated carbocycles. The van der Waals surface area contributed by atoms with Gasteiger partial charge in [0.2, 0.25) is 0 Å². The van der Waals surface area contributed by atoms with Crippen LogP contribution < -0.4 is 5.32 Å². The van der Waals surface area contributed by atoms with Crippen molar-refractivity contribution in [2.75, 3.05) is 11.5 Å². The van der Waals surface area contributed by atoms with Crippen molar-refractivity contribution in [3.63, 3.8) is 0 Å². The average molecular weight is 740 g/mol. The summed E-state index contributed by atoms with van der Waals surface area (Å²) in [5, 5.41) is 1.99. The third-order valence-corrected chi connectivity index (χ3v) is 8.69. The average Bonchev–Trinajstić information content (AvgIpc) is 2.77. The summed E-state index contributed by atoms with van der Waals surface area (Å²) in [4.78, 5) is 12.4. The predicted molar refractivity (Wildman–Crippen MR) is 136 cm³/mol. The maximum atomic E-state index is 15.0. The molecule has 0 aromatic heterocycles. The molecule has 2 aromatic carbocycles. The molecule has 39 heavy (non-hydrogen) atoms. The second kappa shape index (κ2) is 13.0. The fourth-order valence-electron chi connectivity index (χ4n) is 3.20. The number of thioether (sulfide) groups is 1. The molecular formula is C23H16Br2ClF10NOS. The van der Waals surface area contributed by atoms with Crippen molar-refractivity contribution in [3.05, 3.63) is 72.6 Å². The lowest BCUT2D eigenvalue weighted by atomic mass is 9.95. The molecule has 0 fully saturated rings. The fourth-order valence-corrected chi connectivity index (χ4v) is 5.03. The van der Waals surface area contributed by atoms with Crippen molar-refractivity contribution in [2.45, 2.75) is 37.4 Å². The van der Waals surface area contributed by atoms with Gasteiger partial charge in [0.1, 0.15) is 11.7 Å². The molecule has 1 amide bonds. The van der Waals surface area contributed by atoms with Crippen molar-refractivity contribution in [2.24, 2.45) is 0 Å². The molecule has 1 N–H and O–H groups in total. The van der Waals surface area contributed by atoms with Crippen LogP contribution in [0.4, 0.5) is 43.9 Å². The summed E-state index contributed by atoms with van der Waals surface area (Å²) in [7, 11) is 0. The summed E-state index contributed by atoms with van der Waals surface area (Å²) in [6, 6.07) is 2.42. The quantitative estimate of drug-likeness (QED) is 0.216. The number of hydrogen-bond acceptors (Lipinski definition) is 2. The number of allylic oxidation sites excluding steroid dienone is 1. The maximum Gasteiger partial charge on any atom is 0.417 e. The lowest BCUT2D eigenvalue weighted by molar-refractivity contribution is -0.140. The van der Waals surface area contributed by atoms with E-state index in [1.807, 2.05) is 0 Å². The number of halogens is 13. The largest absolute Gasteiger partial charge is 0.417 e. The predicted octanol–water partition coefficient (Wildman–Crippen LogP) is 9.95. The Bertz CT molecular complexity index is 1210. The van der Waals surface area contributed by atoms with Crippen molar-refractivity contribution < 1.29 is 48.7 Å². The highest BCUT2D eigenvalue weighted by atomic mass is 79.9. The maximum absolute atomic E-state index is 15.0. The molecule has 0 aliphatic carbocycles. The van der Waals surface area contributed by atoms with Crippen LogP contribution in [-0.2, 0) is 6.18 Å². The first-order valence-electron chi connectivity index (χ1n) is 10.5. The van der Waals surface area contributed by atoms with Gasteiger partial charge in [0, 0.05) is 21.8 Å². The molecule has 0 heterocycles. The van der Waals surface area contributed by atoms with E-state index in [1.54, 1.807) is 0 Å². The van der Waals surface area contributed by atoms with Gasteiger partial charge in [-0.25, -0.2) is 4.39 Å². The van der Waals surface area contributed by atoms with Gasteiger partial charge in [0.05, 0.1) is 26.4 Å². The van der Waals surface area contributed by atoms with Gasteiger partial charge in [-0.1, -0.05) is 17.7 Å². The Hall–Kier alpha value is -1.45. The third kappa shape index (κ3) is 9.85. The molecule has 216 valence electrons. The zero-order chi connectivity index (χ0) is 29.9. The van der Waals surface area contributed by atoms with Gasteiger partial charge in [-0.3, -0.25) is 4.79 Å². The van der Waals surface area contributed by atoms with Gasteiger partial charge in [-0.2, -0.15) is 51.3 Å². The van der Waals surface area contributed by atoms with Crippen LogP contribution >= 0.6 is 55.2 Å². The van der Waals surface area contributed by atoms with E-state index in [0.717, 1.165) is 12.1 Å². The second-order valence-corrected chi connectivity index (χ2v) is 11.2. The van der Waals surface area contributed by atoms with Crippen molar-refractivity contribution >= 4 is 67.0 Å². The Morgan fingerprint density at radius 3 is 2.18 bits per heavy atom. The minimum absolute atomic E-state index is 0.0845. The molecule has 2 aromatic rings. The van der Waals surface area contributed by atoms with Gasteiger partial charge < -0.3 is 5.32 Å². The highest BCUT2D eigenvalue weighted by Gasteiger charge is 2.41. The number of hydrogen-bond donors (Lipinski definition) is 1. The van der Waals surface area contributed by atoms with Gasteiger partial charge in [-0.05, 0) is 74.7 Å². The molecule has 0 radical (unpaired) electrons. The zero-order valence-corrected chi connectivity index (χ0v) is 24.0. The molecule has 0 saturated heterocycles. The summed E-state index contributed by atoms with van der Waals surface area (Å²) in [6.45, 7) is 1.27. The van der Waals surface area contributed by atoms with Crippen molar-refractivity contribution in [1.82, 2.24) is 5.32 Å². The van der Waals surface area contributed by atoms with E-state index >= 15 is 0 Å². The van der Waals surface area contributed by atoms with Crippen LogP contribution in [0.2, 0.25) is 5.02 Å². The van der Waals surface area contributed by atoms with Gasteiger partial charge in [0.15, 0.2) is 0 Å². The lowest BCUT2D eigenvalue weighted by Crippen LogP contribution is -2.35. The molecular weight excluding hydrogens is 724 g/mol. The van der Waals surface area contributed by atoms with E-state index in [1.165, 1.54) is 6.92 Å².